The lowest BCUT2D eigenvalue weighted by Gasteiger charge is -1.68. The number of hydrogen-bond acceptors (Lipinski definition) is 1. The van der Waals surface area contributed by atoms with Gasteiger partial charge in [0, 0.05) is 0 Å². The Hall–Kier alpha value is -0.850. The summed E-state index contributed by atoms with van der Waals surface area (Å²) in [6.45, 7) is 6.42. The van der Waals surface area contributed by atoms with Crippen LogP contribution >= 0.6 is 0 Å². The number of carbonyl (C=O) groups is 1. The highest BCUT2D eigenvalue weighted by molar-refractivity contribution is 5.98. The van der Waals surface area contributed by atoms with Crippen LogP contribution < -0.4 is 0 Å². The van der Waals surface area contributed by atoms with Gasteiger partial charge in [-0.3, -0.25) is 4.79 Å². The van der Waals surface area contributed by atoms with Gasteiger partial charge in [0.15, 0.2) is 5.78 Å². The number of hydrogen-bond donors (Lipinski definition) is 0. The molecule has 0 rings (SSSR count). The third kappa shape index (κ3) is 1.47. The van der Waals surface area contributed by atoms with E-state index in [1.807, 2.05) is 0 Å². The van der Waals surface area contributed by atoms with Crippen LogP contribution in [0.15, 0.2) is 25.3 Å². The summed E-state index contributed by atoms with van der Waals surface area (Å²) in [7, 11) is 0. The van der Waals surface area contributed by atoms with E-state index in [9.17, 15) is 4.79 Å². The van der Waals surface area contributed by atoms with E-state index in [1.165, 1.54) is 12.2 Å². The van der Waals surface area contributed by atoms with E-state index in [0.717, 1.165) is 0 Å². The van der Waals surface area contributed by atoms with Crippen molar-refractivity contribution in [1.29, 1.82) is 0 Å². The van der Waals surface area contributed by atoms with E-state index in [1.54, 1.807) is 0 Å². The van der Waals surface area contributed by atoms with Gasteiger partial charge in [0.25, 0.3) is 0 Å². The second kappa shape index (κ2) is 2.39. The zero-order chi connectivity index (χ0) is 4.99. The van der Waals surface area contributed by atoms with Gasteiger partial charge >= 0.3 is 0 Å². The van der Waals surface area contributed by atoms with Gasteiger partial charge < -0.3 is 0 Å². The Labute approximate surface area is 37.0 Å². The number of allylic oxidation sites excluding steroid dienone is 2. The Morgan fingerprint density at radius 1 is 1.33 bits per heavy atom. The summed E-state index contributed by atoms with van der Waals surface area (Å²) < 4.78 is 0. The van der Waals surface area contributed by atoms with E-state index in [4.69, 9.17) is 0 Å². The number of carbonyl (C=O) groups excluding carboxylic acids is 1. The van der Waals surface area contributed by atoms with Gasteiger partial charge in [0.05, 0.1) is 0 Å². The molecule has 1 nitrogen and oxygen atoms in total. The van der Waals surface area contributed by atoms with Crippen LogP contribution in [0, 0.1) is 0 Å². The first-order chi connectivity index (χ1) is 2.81. The van der Waals surface area contributed by atoms with E-state index in [2.05, 4.69) is 13.2 Å². The van der Waals surface area contributed by atoms with Gasteiger partial charge in [0.1, 0.15) is 0 Å². The lowest BCUT2D eigenvalue weighted by atomic mass is 10.4. The van der Waals surface area contributed by atoms with Crippen molar-refractivity contribution in [2.24, 2.45) is 0 Å². The van der Waals surface area contributed by atoms with E-state index in [0.29, 0.717) is 0 Å². The fourth-order valence-electron chi connectivity index (χ4n) is 0.0833. The van der Waals surface area contributed by atoms with Gasteiger partial charge in [-0.25, -0.2) is 0 Å². The van der Waals surface area contributed by atoms with Crippen molar-refractivity contribution < 1.29 is 4.79 Å². The third-order valence-electron chi connectivity index (χ3n) is 0.402. The molecule has 0 aliphatic carbocycles. The Morgan fingerprint density at radius 3 is 1.67 bits per heavy atom. The molecule has 1 heteroatoms. The van der Waals surface area contributed by atoms with Crippen molar-refractivity contribution >= 4 is 5.78 Å². The van der Waals surface area contributed by atoms with Crippen molar-refractivity contribution in [1.82, 2.24) is 0 Å². The highest BCUT2D eigenvalue weighted by atomic mass is 16.1. The average Bonchev–Trinajstić information content (AvgIpc) is 1.65. The second-order valence-corrected chi connectivity index (χ2v) is 0.811. The molecule has 0 saturated carbocycles. The maximum atomic E-state index is 9.94. The molecule has 0 saturated heterocycles. The smallest absolute Gasteiger partial charge is 0.177 e. The molecule has 32 valence electrons. The number of rotatable bonds is 2. The van der Waals surface area contributed by atoms with Crippen LogP contribution in [0.5, 0.6) is 0 Å². The second-order valence-electron chi connectivity index (χ2n) is 0.811. The van der Waals surface area contributed by atoms with Gasteiger partial charge in [-0.05, 0) is 12.2 Å². The van der Waals surface area contributed by atoms with Crippen molar-refractivity contribution in [3.8, 4) is 0 Å². The van der Waals surface area contributed by atoms with E-state index in [-0.39, 0.29) is 5.78 Å². The van der Waals surface area contributed by atoms with Crippen molar-refractivity contribution in [2.75, 3.05) is 0 Å². The lowest BCUT2D eigenvalue weighted by molar-refractivity contribution is -0.110. The average molecular weight is 82.1 g/mol. The first kappa shape index (κ1) is 5.15. The Balaban J connectivity index is 3.52. The molecule has 0 aromatic carbocycles. The first-order valence-electron chi connectivity index (χ1n) is 1.60. The van der Waals surface area contributed by atoms with Crippen LogP contribution in [0.4, 0.5) is 0 Å². The summed E-state index contributed by atoms with van der Waals surface area (Å²) in [4.78, 5) is 9.94. The fourth-order valence-corrected chi connectivity index (χ4v) is 0.0833. The molecular formula is C5H6O. The third-order valence-corrected chi connectivity index (χ3v) is 0.402. The fraction of sp³-hybridized carbons (Fsp3) is 0. The molecular weight excluding hydrogens is 76.1 g/mol. The highest BCUT2D eigenvalue weighted by Crippen LogP contribution is 1.68. The molecule has 0 aliphatic heterocycles. The Bertz CT molecular complexity index is 71.9. The molecule has 0 radical (unpaired) electrons. The molecule has 0 bridgehead atoms. The van der Waals surface area contributed by atoms with Gasteiger partial charge in [-0.1, -0.05) is 13.2 Å². The summed E-state index contributed by atoms with van der Waals surface area (Å²) in [5, 5.41) is 0. The molecule has 0 fully saturated rings. The van der Waals surface area contributed by atoms with Crippen molar-refractivity contribution in [3.63, 3.8) is 0 Å². The standard InChI is InChI=1S/C5H6O/c1-3-5(6)4-2/h3-4H,1-2H2. The molecule has 0 heterocycles. The predicted octanol–water partition coefficient (Wildman–Crippen LogP) is 0.927. The normalized spacial score (nSPS) is 6.67. The minimum Gasteiger partial charge on any atom is -0.290 e. The van der Waals surface area contributed by atoms with E-state index < -0.39 is 0 Å². The molecule has 0 unspecified atom stereocenters. The minimum absolute atomic E-state index is 0.130. The Morgan fingerprint density at radius 2 is 1.67 bits per heavy atom. The van der Waals surface area contributed by atoms with Crippen LogP contribution in [-0.2, 0) is 4.79 Å². The predicted molar refractivity (Wildman–Crippen MR) is 25.4 cm³/mol. The monoisotopic (exact) mass is 82.0 g/mol. The summed E-state index contributed by atoms with van der Waals surface area (Å²) >= 11 is 0. The maximum absolute atomic E-state index is 9.94. The summed E-state index contributed by atoms with van der Waals surface area (Å²) in [6, 6.07) is 0. The van der Waals surface area contributed by atoms with Gasteiger partial charge in [-0.15, -0.1) is 0 Å². The van der Waals surface area contributed by atoms with Gasteiger partial charge in [0.2, 0.25) is 0 Å². The zero-order valence-electron chi connectivity index (χ0n) is 3.48. The molecule has 0 aromatic rings. The zero-order valence-corrected chi connectivity index (χ0v) is 3.48. The SMILES string of the molecule is C=CC(=O)C=C. The first-order valence-corrected chi connectivity index (χ1v) is 1.60. The maximum Gasteiger partial charge on any atom is 0.177 e. The quantitative estimate of drug-likeness (QED) is 0.453. The summed E-state index contributed by atoms with van der Waals surface area (Å²) in [5.74, 6) is -0.130. The van der Waals surface area contributed by atoms with Gasteiger partial charge in [-0.2, -0.15) is 0 Å². The number of ketones is 1. The summed E-state index contributed by atoms with van der Waals surface area (Å²) in [6.07, 6.45) is 2.43. The molecule has 6 heavy (non-hydrogen) atoms. The van der Waals surface area contributed by atoms with Crippen LogP contribution in [-0.4, -0.2) is 5.78 Å². The topological polar surface area (TPSA) is 17.1 Å². The summed E-state index contributed by atoms with van der Waals surface area (Å²) in [5.41, 5.74) is 0. The molecule has 0 amide bonds. The Kier molecular flexibility index (Phi) is 2.05. The van der Waals surface area contributed by atoms with Crippen LogP contribution in [0.1, 0.15) is 0 Å². The largest absolute Gasteiger partial charge is 0.290 e. The van der Waals surface area contributed by atoms with Crippen LogP contribution in [0.3, 0.4) is 0 Å². The molecule has 0 N–H and O–H groups in total. The van der Waals surface area contributed by atoms with E-state index >= 15 is 0 Å². The molecule has 0 aromatic heterocycles. The minimum atomic E-state index is -0.130. The highest BCUT2D eigenvalue weighted by Gasteiger charge is 1.75. The van der Waals surface area contributed by atoms with Crippen molar-refractivity contribution in [3.05, 3.63) is 25.3 Å². The van der Waals surface area contributed by atoms with Crippen LogP contribution in [0.2, 0.25) is 0 Å². The van der Waals surface area contributed by atoms with Crippen molar-refractivity contribution in [2.45, 2.75) is 0 Å². The van der Waals surface area contributed by atoms with Crippen LogP contribution in [0.25, 0.3) is 0 Å². The lowest BCUT2D eigenvalue weighted by Crippen LogP contribution is -1.78. The molecule has 0 atom stereocenters. The molecule has 0 aliphatic rings. The molecule has 0 spiro atoms.